The second kappa shape index (κ2) is 3.03. The molecule has 2 aromatic heterocycles. The predicted octanol–water partition coefficient (Wildman–Crippen LogP) is 1.82. The van der Waals surface area contributed by atoms with E-state index in [1.165, 1.54) is 0 Å². The van der Waals surface area contributed by atoms with Crippen molar-refractivity contribution < 1.29 is 0 Å². The summed E-state index contributed by atoms with van der Waals surface area (Å²) >= 11 is 0. The minimum absolute atomic E-state index is 0.350. The molecule has 0 aliphatic carbocycles. The van der Waals surface area contributed by atoms with Gasteiger partial charge in [-0.25, -0.2) is 0 Å². The first-order valence-corrected chi connectivity index (χ1v) is 4.56. The fourth-order valence-corrected chi connectivity index (χ4v) is 1.32. The Bertz CT molecular complexity index is 457. The van der Waals surface area contributed by atoms with Gasteiger partial charge in [0, 0.05) is 29.5 Å². The van der Waals surface area contributed by atoms with E-state index in [-0.39, 0.29) is 5.54 Å². The van der Waals surface area contributed by atoms with Crippen molar-refractivity contribution in [3.8, 4) is 0 Å². The Morgan fingerprint density at radius 3 is 2.79 bits per heavy atom. The van der Waals surface area contributed by atoms with Gasteiger partial charge in [-0.15, -0.1) is 0 Å². The average Bonchev–Trinajstić information content (AvgIpc) is 2.16. The quantitative estimate of drug-likeness (QED) is 0.741. The lowest BCUT2D eigenvalue weighted by atomic mass is 9.96. The molecule has 2 aromatic rings. The van der Waals surface area contributed by atoms with Crippen molar-refractivity contribution >= 4 is 10.9 Å². The van der Waals surface area contributed by atoms with Crippen LogP contribution >= 0.6 is 0 Å². The van der Waals surface area contributed by atoms with Crippen LogP contribution in [0.25, 0.3) is 10.9 Å². The van der Waals surface area contributed by atoms with Crippen molar-refractivity contribution in [2.75, 3.05) is 0 Å². The molecule has 2 heterocycles. The van der Waals surface area contributed by atoms with Gasteiger partial charge in [-0.3, -0.25) is 9.97 Å². The van der Waals surface area contributed by atoms with Crippen molar-refractivity contribution in [3.63, 3.8) is 0 Å². The van der Waals surface area contributed by atoms with Gasteiger partial charge in [0.1, 0.15) is 0 Å². The first-order chi connectivity index (χ1) is 6.57. The molecule has 0 amide bonds. The van der Waals surface area contributed by atoms with Crippen LogP contribution in [0.2, 0.25) is 0 Å². The van der Waals surface area contributed by atoms with Crippen LogP contribution in [0.5, 0.6) is 0 Å². The van der Waals surface area contributed by atoms with Crippen molar-refractivity contribution in [2.45, 2.75) is 19.4 Å². The molecule has 0 unspecified atom stereocenters. The van der Waals surface area contributed by atoms with E-state index in [1.54, 1.807) is 12.4 Å². The maximum absolute atomic E-state index is 5.99. The summed E-state index contributed by atoms with van der Waals surface area (Å²) in [5.41, 5.74) is 7.61. The molecule has 72 valence electrons. The number of pyridine rings is 2. The number of fused-ring (bicyclic) bond motifs is 1. The highest BCUT2D eigenvalue weighted by Crippen LogP contribution is 2.19. The first-order valence-electron chi connectivity index (χ1n) is 4.56. The van der Waals surface area contributed by atoms with E-state index < -0.39 is 0 Å². The highest BCUT2D eigenvalue weighted by molar-refractivity contribution is 5.77. The topological polar surface area (TPSA) is 51.8 Å². The SMILES string of the molecule is CC(C)(N)c1cnc2ccncc2c1. The molecule has 0 aliphatic rings. The molecular weight excluding hydrogens is 174 g/mol. The lowest BCUT2D eigenvalue weighted by Crippen LogP contribution is -2.28. The molecule has 0 atom stereocenters. The summed E-state index contributed by atoms with van der Waals surface area (Å²) in [6.45, 7) is 3.93. The van der Waals surface area contributed by atoms with Crippen LogP contribution in [0.3, 0.4) is 0 Å². The minimum Gasteiger partial charge on any atom is -0.322 e. The smallest absolute Gasteiger partial charge is 0.0732 e. The van der Waals surface area contributed by atoms with Gasteiger partial charge in [-0.2, -0.15) is 0 Å². The van der Waals surface area contributed by atoms with Gasteiger partial charge in [0.2, 0.25) is 0 Å². The van der Waals surface area contributed by atoms with Crippen LogP contribution < -0.4 is 5.73 Å². The molecule has 0 saturated heterocycles. The van der Waals surface area contributed by atoms with E-state index in [4.69, 9.17) is 5.73 Å². The van der Waals surface area contributed by atoms with E-state index in [2.05, 4.69) is 9.97 Å². The fraction of sp³-hybridized carbons (Fsp3) is 0.273. The number of nitrogens with two attached hydrogens (primary N) is 1. The van der Waals surface area contributed by atoms with Crippen LogP contribution in [-0.2, 0) is 5.54 Å². The number of hydrogen-bond donors (Lipinski definition) is 1. The number of nitrogens with zero attached hydrogens (tertiary/aromatic N) is 2. The summed E-state index contributed by atoms with van der Waals surface area (Å²) in [7, 11) is 0. The number of aromatic nitrogens is 2. The highest BCUT2D eigenvalue weighted by atomic mass is 14.7. The van der Waals surface area contributed by atoms with E-state index in [1.807, 2.05) is 32.2 Å². The Labute approximate surface area is 83.0 Å². The number of rotatable bonds is 1. The van der Waals surface area contributed by atoms with Gasteiger partial charge in [-0.1, -0.05) is 0 Å². The van der Waals surface area contributed by atoms with Crippen LogP contribution in [0, 0.1) is 0 Å². The van der Waals surface area contributed by atoms with Crippen molar-refractivity contribution in [1.29, 1.82) is 0 Å². The Balaban J connectivity index is 2.63. The van der Waals surface area contributed by atoms with Gasteiger partial charge in [-0.05, 0) is 31.5 Å². The molecule has 0 radical (unpaired) electrons. The molecule has 14 heavy (non-hydrogen) atoms. The molecular formula is C11H13N3. The van der Waals surface area contributed by atoms with Gasteiger partial charge >= 0.3 is 0 Å². The van der Waals surface area contributed by atoms with Crippen LogP contribution in [0.15, 0.2) is 30.7 Å². The molecule has 2 rings (SSSR count). The second-order valence-electron chi connectivity index (χ2n) is 4.01. The van der Waals surface area contributed by atoms with Gasteiger partial charge < -0.3 is 5.73 Å². The van der Waals surface area contributed by atoms with Gasteiger partial charge in [0.25, 0.3) is 0 Å². The zero-order chi connectivity index (χ0) is 10.2. The molecule has 0 aliphatic heterocycles. The molecule has 0 bridgehead atoms. The maximum Gasteiger partial charge on any atom is 0.0732 e. The van der Waals surface area contributed by atoms with E-state index in [0.29, 0.717) is 0 Å². The Morgan fingerprint density at radius 2 is 2.07 bits per heavy atom. The maximum atomic E-state index is 5.99. The monoisotopic (exact) mass is 187 g/mol. The third-order valence-electron chi connectivity index (χ3n) is 2.23. The Hall–Kier alpha value is -1.48. The Morgan fingerprint density at radius 1 is 1.29 bits per heavy atom. The molecule has 0 fully saturated rings. The van der Waals surface area contributed by atoms with Crippen molar-refractivity contribution in [3.05, 3.63) is 36.3 Å². The molecule has 0 spiro atoms. The average molecular weight is 187 g/mol. The van der Waals surface area contributed by atoms with Crippen LogP contribution in [0.4, 0.5) is 0 Å². The standard InChI is InChI=1S/C11H13N3/c1-11(2,12)9-5-8-6-13-4-3-10(8)14-7-9/h3-7H,12H2,1-2H3. The third kappa shape index (κ3) is 1.59. The minimum atomic E-state index is -0.350. The van der Waals surface area contributed by atoms with Gasteiger partial charge in [0.15, 0.2) is 0 Å². The predicted molar refractivity (Wildman–Crippen MR) is 56.8 cm³/mol. The second-order valence-corrected chi connectivity index (χ2v) is 4.01. The van der Waals surface area contributed by atoms with E-state index in [9.17, 15) is 0 Å². The Kier molecular flexibility index (Phi) is 1.97. The highest BCUT2D eigenvalue weighted by Gasteiger charge is 2.14. The zero-order valence-corrected chi connectivity index (χ0v) is 8.36. The largest absolute Gasteiger partial charge is 0.322 e. The van der Waals surface area contributed by atoms with Crippen molar-refractivity contribution in [2.24, 2.45) is 5.73 Å². The van der Waals surface area contributed by atoms with Crippen LogP contribution in [0.1, 0.15) is 19.4 Å². The molecule has 0 saturated carbocycles. The van der Waals surface area contributed by atoms with Crippen LogP contribution in [-0.4, -0.2) is 9.97 Å². The summed E-state index contributed by atoms with van der Waals surface area (Å²) in [5.74, 6) is 0. The molecule has 0 aromatic carbocycles. The lowest BCUT2D eigenvalue weighted by molar-refractivity contribution is 0.553. The molecule has 3 nitrogen and oxygen atoms in total. The number of hydrogen-bond acceptors (Lipinski definition) is 3. The normalized spacial score (nSPS) is 11.9. The summed E-state index contributed by atoms with van der Waals surface area (Å²) in [4.78, 5) is 8.38. The van der Waals surface area contributed by atoms with Crippen molar-refractivity contribution in [1.82, 2.24) is 9.97 Å². The zero-order valence-electron chi connectivity index (χ0n) is 8.36. The summed E-state index contributed by atoms with van der Waals surface area (Å²) in [5, 5.41) is 1.03. The fourth-order valence-electron chi connectivity index (χ4n) is 1.32. The molecule has 3 heteroatoms. The van der Waals surface area contributed by atoms with E-state index in [0.717, 1.165) is 16.5 Å². The van der Waals surface area contributed by atoms with E-state index >= 15 is 0 Å². The first kappa shape index (κ1) is 9.09. The summed E-state index contributed by atoms with van der Waals surface area (Å²) in [6, 6.07) is 3.93. The molecule has 2 N–H and O–H groups in total. The van der Waals surface area contributed by atoms with Gasteiger partial charge in [0.05, 0.1) is 5.52 Å². The summed E-state index contributed by atoms with van der Waals surface area (Å²) < 4.78 is 0. The third-order valence-corrected chi connectivity index (χ3v) is 2.23. The lowest BCUT2D eigenvalue weighted by Gasteiger charge is -2.18. The summed E-state index contributed by atoms with van der Waals surface area (Å²) in [6.07, 6.45) is 5.36.